The van der Waals surface area contributed by atoms with Gasteiger partial charge < -0.3 is 9.47 Å². The Labute approximate surface area is 168 Å². The largest absolute Gasteiger partial charge is 0.495 e. The molecule has 0 aliphatic carbocycles. The third kappa shape index (κ3) is 3.69. The van der Waals surface area contributed by atoms with Crippen LogP contribution in [0.2, 0.25) is 20.1 Å². The molecule has 0 saturated carbocycles. The summed E-state index contributed by atoms with van der Waals surface area (Å²) in [5, 5.41) is 2.32. The van der Waals surface area contributed by atoms with Crippen molar-refractivity contribution < 1.29 is 14.3 Å². The molecule has 0 radical (unpaired) electrons. The van der Waals surface area contributed by atoms with Crippen molar-refractivity contribution in [3.8, 4) is 5.75 Å². The van der Waals surface area contributed by atoms with E-state index in [-0.39, 0.29) is 11.5 Å². The number of ether oxygens (including phenoxy) is 2. The van der Waals surface area contributed by atoms with Crippen molar-refractivity contribution in [2.45, 2.75) is 6.61 Å². The second-order valence-corrected chi connectivity index (χ2v) is 7.64. The Morgan fingerprint density at radius 2 is 1.84 bits per heavy atom. The summed E-state index contributed by atoms with van der Waals surface area (Å²) in [6.45, 7) is 0.0104. The number of fused-ring (bicyclic) bond motifs is 1. The van der Waals surface area contributed by atoms with Gasteiger partial charge in [0.2, 0.25) is 0 Å². The van der Waals surface area contributed by atoms with Gasteiger partial charge in [-0.05, 0) is 24.3 Å². The standard InChI is InChI=1S/C17H10Cl4O3S/c1-23-12-5-4-10-13(20)16(25-15(10)14(12)21)17(22)24-7-8-2-3-9(18)6-11(8)19/h2-6H,7H2,1H3. The lowest BCUT2D eigenvalue weighted by Gasteiger charge is -2.06. The maximum absolute atomic E-state index is 12.4. The summed E-state index contributed by atoms with van der Waals surface area (Å²) in [7, 11) is 1.52. The fourth-order valence-electron chi connectivity index (χ4n) is 2.22. The maximum atomic E-state index is 12.4. The first-order chi connectivity index (χ1) is 11.9. The third-order valence-electron chi connectivity index (χ3n) is 3.48. The summed E-state index contributed by atoms with van der Waals surface area (Å²) in [6.07, 6.45) is 0. The zero-order chi connectivity index (χ0) is 18.1. The zero-order valence-corrected chi connectivity index (χ0v) is 16.6. The summed E-state index contributed by atoms with van der Waals surface area (Å²) in [5.41, 5.74) is 0.649. The van der Waals surface area contributed by atoms with Crippen molar-refractivity contribution in [3.05, 3.63) is 60.9 Å². The minimum atomic E-state index is -0.549. The van der Waals surface area contributed by atoms with Crippen LogP contribution in [0, 0.1) is 0 Å². The second-order valence-electron chi connectivity index (χ2n) is 5.02. The van der Waals surface area contributed by atoms with Crippen molar-refractivity contribution in [1.29, 1.82) is 0 Å². The minimum Gasteiger partial charge on any atom is -0.495 e. The Morgan fingerprint density at radius 3 is 2.52 bits per heavy atom. The highest BCUT2D eigenvalue weighted by Crippen LogP contribution is 2.43. The summed E-state index contributed by atoms with van der Waals surface area (Å²) in [5.74, 6) is -0.0350. The molecular weight excluding hydrogens is 426 g/mol. The van der Waals surface area contributed by atoms with Crippen molar-refractivity contribution in [2.24, 2.45) is 0 Å². The normalized spacial score (nSPS) is 10.9. The van der Waals surface area contributed by atoms with Gasteiger partial charge in [0.15, 0.2) is 0 Å². The molecule has 1 heterocycles. The van der Waals surface area contributed by atoms with Crippen molar-refractivity contribution in [3.63, 3.8) is 0 Å². The monoisotopic (exact) mass is 434 g/mol. The van der Waals surface area contributed by atoms with Crippen LogP contribution in [-0.4, -0.2) is 13.1 Å². The van der Waals surface area contributed by atoms with Gasteiger partial charge in [-0.2, -0.15) is 0 Å². The van der Waals surface area contributed by atoms with Gasteiger partial charge in [-0.3, -0.25) is 0 Å². The number of thiophene rings is 1. The first-order valence-electron chi connectivity index (χ1n) is 6.98. The van der Waals surface area contributed by atoms with Gasteiger partial charge in [0.1, 0.15) is 22.3 Å². The Hall–Kier alpha value is -1.17. The number of esters is 1. The highest BCUT2D eigenvalue weighted by molar-refractivity contribution is 7.22. The van der Waals surface area contributed by atoms with Crippen LogP contribution in [0.5, 0.6) is 5.75 Å². The topological polar surface area (TPSA) is 35.5 Å². The predicted molar refractivity (Wildman–Crippen MR) is 104 cm³/mol. The minimum absolute atomic E-state index is 0.0104. The first kappa shape index (κ1) is 18.6. The van der Waals surface area contributed by atoms with Gasteiger partial charge in [-0.1, -0.05) is 52.5 Å². The average molecular weight is 436 g/mol. The highest BCUT2D eigenvalue weighted by atomic mass is 35.5. The fourth-order valence-corrected chi connectivity index (χ4v) is 4.46. The molecule has 0 N–H and O–H groups in total. The van der Waals surface area contributed by atoms with Crippen LogP contribution in [0.1, 0.15) is 15.2 Å². The van der Waals surface area contributed by atoms with Gasteiger partial charge in [0, 0.05) is 21.0 Å². The van der Waals surface area contributed by atoms with Gasteiger partial charge in [0.25, 0.3) is 0 Å². The predicted octanol–water partition coefficient (Wildman–Crippen LogP) is 6.88. The van der Waals surface area contributed by atoms with E-state index >= 15 is 0 Å². The molecule has 2 aromatic carbocycles. The number of halogens is 4. The van der Waals surface area contributed by atoms with Crippen LogP contribution in [0.25, 0.3) is 10.1 Å². The van der Waals surface area contributed by atoms with E-state index in [2.05, 4.69) is 0 Å². The Bertz CT molecular complexity index is 968. The summed E-state index contributed by atoms with van der Waals surface area (Å²) >= 11 is 25.7. The van der Waals surface area contributed by atoms with Crippen LogP contribution >= 0.6 is 57.7 Å². The Balaban J connectivity index is 1.87. The molecule has 3 aromatic rings. The van der Waals surface area contributed by atoms with Crippen LogP contribution in [0.3, 0.4) is 0 Å². The quantitative estimate of drug-likeness (QED) is 0.419. The van der Waals surface area contributed by atoms with Gasteiger partial charge in [0.05, 0.1) is 16.8 Å². The number of hydrogen-bond acceptors (Lipinski definition) is 4. The van der Waals surface area contributed by atoms with E-state index in [9.17, 15) is 4.79 Å². The van der Waals surface area contributed by atoms with E-state index in [1.165, 1.54) is 7.11 Å². The number of rotatable bonds is 4. The van der Waals surface area contributed by atoms with Crippen molar-refractivity contribution in [2.75, 3.05) is 7.11 Å². The number of benzene rings is 2. The van der Waals surface area contributed by atoms with E-state index in [1.54, 1.807) is 30.3 Å². The molecule has 1 aromatic heterocycles. The van der Waals surface area contributed by atoms with Crippen molar-refractivity contribution >= 4 is 73.8 Å². The third-order valence-corrected chi connectivity index (χ3v) is 6.26. The number of carbonyl (C=O) groups is 1. The summed E-state index contributed by atoms with van der Waals surface area (Å²) in [6, 6.07) is 8.42. The van der Waals surface area contributed by atoms with Crippen LogP contribution < -0.4 is 4.74 Å². The van der Waals surface area contributed by atoms with Crippen molar-refractivity contribution in [1.82, 2.24) is 0 Å². The highest BCUT2D eigenvalue weighted by Gasteiger charge is 2.21. The molecule has 0 bridgehead atoms. The fraction of sp³-hybridized carbons (Fsp3) is 0.118. The number of hydrogen-bond donors (Lipinski definition) is 0. The molecule has 0 spiro atoms. The molecule has 8 heteroatoms. The van der Waals surface area contributed by atoms with Gasteiger partial charge in [-0.25, -0.2) is 4.79 Å². The molecule has 0 aliphatic heterocycles. The number of methoxy groups -OCH3 is 1. The average Bonchev–Trinajstić information content (AvgIpc) is 2.92. The Morgan fingerprint density at radius 1 is 1.08 bits per heavy atom. The van der Waals surface area contributed by atoms with E-state index in [4.69, 9.17) is 55.9 Å². The molecule has 0 unspecified atom stereocenters. The van der Waals surface area contributed by atoms with Crippen LogP contribution in [-0.2, 0) is 11.3 Å². The molecule has 3 rings (SSSR count). The van der Waals surface area contributed by atoms with Gasteiger partial charge in [-0.15, -0.1) is 11.3 Å². The molecule has 0 atom stereocenters. The summed E-state index contributed by atoms with van der Waals surface area (Å²) in [4.78, 5) is 12.7. The van der Waals surface area contributed by atoms with E-state index < -0.39 is 5.97 Å². The van der Waals surface area contributed by atoms with Crippen LogP contribution in [0.15, 0.2) is 30.3 Å². The molecule has 25 heavy (non-hydrogen) atoms. The van der Waals surface area contributed by atoms with E-state index in [1.807, 2.05) is 0 Å². The lowest BCUT2D eigenvalue weighted by Crippen LogP contribution is -2.04. The smallest absolute Gasteiger partial charge is 0.350 e. The maximum Gasteiger partial charge on any atom is 0.350 e. The molecular formula is C17H10Cl4O3S. The van der Waals surface area contributed by atoms with E-state index in [0.717, 1.165) is 11.3 Å². The number of carbonyl (C=O) groups excluding carboxylic acids is 1. The Kier molecular flexibility index (Phi) is 5.66. The SMILES string of the molecule is COc1ccc2c(Cl)c(C(=O)OCc3ccc(Cl)cc3Cl)sc2c1Cl. The molecule has 0 fully saturated rings. The second kappa shape index (κ2) is 7.60. The van der Waals surface area contributed by atoms with Gasteiger partial charge >= 0.3 is 5.97 Å². The lowest BCUT2D eigenvalue weighted by atomic mass is 10.2. The first-order valence-corrected chi connectivity index (χ1v) is 9.30. The summed E-state index contributed by atoms with van der Waals surface area (Å²) < 4.78 is 11.2. The van der Waals surface area contributed by atoms with Crippen LogP contribution in [0.4, 0.5) is 0 Å². The molecule has 0 amide bonds. The molecule has 0 saturated heterocycles. The molecule has 3 nitrogen and oxygen atoms in total. The molecule has 130 valence electrons. The molecule has 0 aliphatic rings. The zero-order valence-electron chi connectivity index (χ0n) is 12.7. The van der Waals surface area contributed by atoms with E-state index in [0.29, 0.717) is 41.5 Å². The lowest BCUT2D eigenvalue weighted by molar-refractivity contribution is 0.0479.